The van der Waals surface area contributed by atoms with Gasteiger partial charge >= 0.3 is 0 Å². The number of aryl methyl sites for hydroxylation is 2. The third kappa shape index (κ3) is 8.57. The van der Waals surface area contributed by atoms with E-state index in [9.17, 15) is 18.0 Å². The molecule has 0 aliphatic rings. The van der Waals surface area contributed by atoms with Gasteiger partial charge in [0, 0.05) is 38.0 Å². The van der Waals surface area contributed by atoms with E-state index in [4.69, 9.17) is 11.6 Å². The van der Waals surface area contributed by atoms with Crippen LogP contribution in [0.3, 0.4) is 0 Å². The number of likely N-dealkylation sites (N-methyl/N-ethyl adjacent to an activating group) is 1. The number of carbonyl (C=O) groups is 2. The van der Waals surface area contributed by atoms with Crippen LogP contribution in [0.15, 0.2) is 72.8 Å². The van der Waals surface area contributed by atoms with Crippen LogP contribution in [0.5, 0.6) is 0 Å². The van der Waals surface area contributed by atoms with Crippen LogP contribution >= 0.6 is 11.6 Å². The molecule has 0 aromatic heterocycles. The highest BCUT2D eigenvalue weighted by molar-refractivity contribution is 7.92. The molecule has 9 heteroatoms. The fourth-order valence-electron chi connectivity index (χ4n) is 4.44. The molecule has 1 unspecified atom stereocenters. The van der Waals surface area contributed by atoms with Crippen molar-refractivity contribution in [3.63, 3.8) is 0 Å². The molecule has 0 saturated carbocycles. The smallest absolute Gasteiger partial charge is 0.242 e. The molecule has 3 aromatic rings. The van der Waals surface area contributed by atoms with Gasteiger partial charge in [0.05, 0.1) is 11.9 Å². The predicted molar refractivity (Wildman–Crippen MR) is 157 cm³/mol. The normalized spacial score (nSPS) is 12.0. The van der Waals surface area contributed by atoms with E-state index in [2.05, 4.69) is 5.32 Å². The molecule has 0 aliphatic carbocycles. The van der Waals surface area contributed by atoms with Crippen molar-refractivity contribution in [3.05, 3.63) is 100 Å². The maximum atomic E-state index is 13.7. The Morgan fingerprint density at radius 1 is 0.949 bits per heavy atom. The lowest BCUT2D eigenvalue weighted by atomic mass is 10.0. The summed E-state index contributed by atoms with van der Waals surface area (Å²) in [4.78, 5) is 28.4. The van der Waals surface area contributed by atoms with E-state index < -0.39 is 16.1 Å². The second kappa shape index (κ2) is 13.6. The fourth-order valence-corrected chi connectivity index (χ4v) is 5.63. The molecule has 2 amide bonds. The zero-order chi connectivity index (χ0) is 28.6. The van der Waals surface area contributed by atoms with E-state index in [0.29, 0.717) is 17.1 Å². The molecular weight excluding hydrogens is 534 g/mol. The molecule has 39 heavy (non-hydrogen) atoms. The SMILES string of the molecule is CNC(=O)C(Cc1ccccc1)N(Cc1ccc(C)cc1)C(=O)CCCN(c1cc(Cl)ccc1C)S(C)(=O)=O. The number of amides is 2. The monoisotopic (exact) mass is 569 g/mol. The zero-order valence-electron chi connectivity index (χ0n) is 22.9. The van der Waals surface area contributed by atoms with Crippen molar-refractivity contribution < 1.29 is 18.0 Å². The molecule has 0 fully saturated rings. The van der Waals surface area contributed by atoms with Crippen molar-refractivity contribution in [2.45, 2.75) is 45.7 Å². The summed E-state index contributed by atoms with van der Waals surface area (Å²) in [5, 5.41) is 3.14. The Bertz CT molecular complexity index is 1380. The predicted octanol–water partition coefficient (Wildman–Crippen LogP) is 4.89. The van der Waals surface area contributed by atoms with Gasteiger partial charge in [-0.2, -0.15) is 0 Å². The number of nitrogens with one attached hydrogen (secondary N) is 1. The molecule has 0 saturated heterocycles. The molecule has 7 nitrogen and oxygen atoms in total. The van der Waals surface area contributed by atoms with Gasteiger partial charge in [-0.05, 0) is 49.1 Å². The number of hydrogen-bond donors (Lipinski definition) is 1. The summed E-state index contributed by atoms with van der Waals surface area (Å²) in [7, 11) is -2.06. The number of hydrogen-bond acceptors (Lipinski definition) is 4. The Kier molecular flexibility index (Phi) is 10.5. The van der Waals surface area contributed by atoms with Crippen LogP contribution < -0.4 is 9.62 Å². The van der Waals surface area contributed by atoms with Crippen LogP contribution in [-0.2, 0) is 32.6 Å². The molecule has 1 N–H and O–H groups in total. The molecule has 0 spiro atoms. The highest BCUT2D eigenvalue weighted by Gasteiger charge is 2.30. The second-order valence-corrected chi connectivity index (χ2v) is 12.0. The van der Waals surface area contributed by atoms with Crippen LogP contribution in [0.1, 0.15) is 35.1 Å². The summed E-state index contributed by atoms with van der Waals surface area (Å²) >= 11 is 6.15. The van der Waals surface area contributed by atoms with Gasteiger partial charge in [0.1, 0.15) is 6.04 Å². The van der Waals surface area contributed by atoms with Gasteiger partial charge in [-0.25, -0.2) is 8.42 Å². The van der Waals surface area contributed by atoms with Gasteiger partial charge in [-0.3, -0.25) is 13.9 Å². The van der Waals surface area contributed by atoms with Crippen LogP contribution in [0.4, 0.5) is 5.69 Å². The molecule has 0 radical (unpaired) electrons. The minimum Gasteiger partial charge on any atom is -0.357 e. The molecule has 208 valence electrons. The van der Waals surface area contributed by atoms with Crippen molar-refractivity contribution in [2.75, 3.05) is 24.2 Å². The third-order valence-electron chi connectivity index (χ3n) is 6.58. The van der Waals surface area contributed by atoms with Crippen LogP contribution in [-0.4, -0.2) is 51.0 Å². The Morgan fingerprint density at radius 2 is 1.62 bits per heavy atom. The summed E-state index contributed by atoms with van der Waals surface area (Å²) in [6, 6.07) is 21.8. The lowest BCUT2D eigenvalue weighted by Crippen LogP contribution is -2.49. The topological polar surface area (TPSA) is 86.8 Å². The number of carbonyl (C=O) groups excluding carboxylic acids is 2. The summed E-state index contributed by atoms with van der Waals surface area (Å²) in [5.41, 5.74) is 4.19. The quantitative estimate of drug-likeness (QED) is 0.336. The maximum absolute atomic E-state index is 13.7. The molecule has 0 bridgehead atoms. The molecule has 3 rings (SSSR count). The van der Waals surface area contributed by atoms with Crippen molar-refractivity contribution in [1.29, 1.82) is 0 Å². The van der Waals surface area contributed by atoms with Crippen molar-refractivity contribution in [1.82, 2.24) is 10.2 Å². The van der Waals surface area contributed by atoms with E-state index in [0.717, 1.165) is 28.5 Å². The number of benzene rings is 3. The highest BCUT2D eigenvalue weighted by atomic mass is 35.5. The minimum atomic E-state index is -3.62. The van der Waals surface area contributed by atoms with Crippen LogP contribution in [0, 0.1) is 13.8 Å². The maximum Gasteiger partial charge on any atom is 0.242 e. The molecule has 0 aliphatic heterocycles. The Balaban J connectivity index is 1.86. The van der Waals surface area contributed by atoms with E-state index in [1.807, 2.05) is 68.4 Å². The number of anilines is 1. The average Bonchev–Trinajstić information content (AvgIpc) is 2.90. The summed E-state index contributed by atoms with van der Waals surface area (Å²) < 4.78 is 26.6. The number of sulfonamides is 1. The number of nitrogens with zero attached hydrogens (tertiary/aromatic N) is 2. The van der Waals surface area contributed by atoms with E-state index in [1.54, 1.807) is 30.1 Å². The van der Waals surface area contributed by atoms with Gasteiger partial charge < -0.3 is 10.2 Å². The first kappa shape index (κ1) is 30.2. The van der Waals surface area contributed by atoms with Crippen LogP contribution in [0.25, 0.3) is 0 Å². The summed E-state index contributed by atoms with van der Waals surface area (Å²) in [6.07, 6.45) is 1.84. The number of halogens is 1. The fraction of sp³-hybridized carbons (Fsp3) is 0.333. The summed E-state index contributed by atoms with van der Waals surface area (Å²) in [5.74, 6) is -0.483. The van der Waals surface area contributed by atoms with Crippen molar-refractivity contribution in [2.24, 2.45) is 0 Å². The standard InChI is InChI=1S/C30H36ClN3O4S/c1-22-12-15-25(16-13-22)21-33(28(30(36)32-3)19-24-9-6-5-7-10-24)29(35)11-8-18-34(39(4,37)38)27-20-26(31)17-14-23(27)2/h5-7,9-10,12-17,20,28H,8,11,18-19,21H2,1-4H3,(H,32,36). The molecule has 3 aromatic carbocycles. The van der Waals surface area contributed by atoms with Gasteiger partial charge in [-0.1, -0.05) is 77.8 Å². The van der Waals surface area contributed by atoms with Gasteiger partial charge in [0.25, 0.3) is 0 Å². The van der Waals surface area contributed by atoms with E-state index in [-0.39, 0.29) is 37.7 Å². The van der Waals surface area contributed by atoms with Crippen LogP contribution in [0.2, 0.25) is 5.02 Å². The largest absolute Gasteiger partial charge is 0.357 e. The van der Waals surface area contributed by atoms with E-state index >= 15 is 0 Å². The minimum absolute atomic E-state index is 0.0692. The zero-order valence-corrected chi connectivity index (χ0v) is 24.4. The summed E-state index contributed by atoms with van der Waals surface area (Å²) in [6.45, 7) is 4.17. The number of rotatable bonds is 12. The first-order valence-corrected chi connectivity index (χ1v) is 15.1. The lowest BCUT2D eigenvalue weighted by Gasteiger charge is -2.31. The Hall–Kier alpha value is -3.36. The molecule has 1 atom stereocenters. The molecule has 0 heterocycles. The first-order valence-electron chi connectivity index (χ1n) is 12.8. The Morgan fingerprint density at radius 3 is 2.23 bits per heavy atom. The lowest BCUT2D eigenvalue weighted by molar-refractivity contribution is -0.141. The van der Waals surface area contributed by atoms with Crippen molar-refractivity contribution in [3.8, 4) is 0 Å². The Labute approximate surface area is 236 Å². The van der Waals surface area contributed by atoms with Gasteiger partial charge in [-0.15, -0.1) is 0 Å². The average molecular weight is 570 g/mol. The first-order chi connectivity index (χ1) is 18.5. The molecular formula is C30H36ClN3O4S. The van der Waals surface area contributed by atoms with E-state index in [1.165, 1.54) is 4.31 Å². The van der Waals surface area contributed by atoms with Gasteiger partial charge in [0.15, 0.2) is 0 Å². The third-order valence-corrected chi connectivity index (χ3v) is 8.00. The van der Waals surface area contributed by atoms with Gasteiger partial charge in [0.2, 0.25) is 21.8 Å². The highest BCUT2D eigenvalue weighted by Crippen LogP contribution is 2.27. The van der Waals surface area contributed by atoms with Crippen molar-refractivity contribution >= 4 is 39.1 Å². The second-order valence-electron chi connectivity index (χ2n) is 9.70.